The van der Waals surface area contributed by atoms with E-state index < -0.39 is 16.1 Å². The number of carbonyl (C=O) groups excluding carboxylic acids is 1. The van der Waals surface area contributed by atoms with E-state index in [2.05, 4.69) is 17.1 Å². The Labute approximate surface area is 156 Å². The molecule has 2 heterocycles. The third-order valence-corrected chi connectivity index (χ3v) is 7.25. The Morgan fingerprint density at radius 3 is 2.46 bits per heavy atom. The van der Waals surface area contributed by atoms with Gasteiger partial charge < -0.3 is 10.2 Å². The van der Waals surface area contributed by atoms with E-state index in [4.69, 9.17) is 0 Å². The lowest BCUT2D eigenvalue weighted by molar-refractivity contribution is -0.125. The van der Waals surface area contributed by atoms with E-state index in [0.29, 0.717) is 13.0 Å². The summed E-state index contributed by atoms with van der Waals surface area (Å²) >= 11 is 0. The van der Waals surface area contributed by atoms with Crippen LogP contribution in [0.2, 0.25) is 0 Å². The molecule has 0 aromatic heterocycles. The minimum Gasteiger partial charge on any atom is -0.352 e. The van der Waals surface area contributed by atoms with Crippen LogP contribution in [0, 0.1) is 0 Å². The molecule has 1 N–H and O–H groups in total. The maximum absolute atomic E-state index is 12.9. The summed E-state index contributed by atoms with van der Waals surface area (Å²) in [5, 5.41) is 3.11. The fourth-order valence-corrected chi connectivity index (χ4v) is 5.61. The molecule has 2 aliphatic rings. The first-order valence-corrected chi connectivity index (χ1v) is 11.1. The van der Waals surface area contributed by atoms with Gasteiger partial charge in [0.05, 0.1) is 4.90 Å². The Bertz CT molecular complexity index is 700. The smallest absolute Gasteiger partial charge is 0.243 e. The number of carbonyl (C=O) groups is 1. The highest BCUT2D eigenvalue weighted by Crippen LogP contribution is 2.26. The lowest BCUT2D eigenvalue weighted by atomic mass is 10.0. The minimum absolute atomic E-state index is 0.143. The predicted octanol–water partition coefficient (Wildman–Crippen LogP) is 1.83. The normalized spacial score (nSPS) is 23.2. The number of nitrogens with one attached hydrogen (secondary N) is 1. The maximum Gasteiger partial charge on any atom is 0.243 e. The monoisotopic (exact) mass is 379 g/mol. The van der Waals surface area contributed by atoms with Crippen LogP contribution in [-0.4, -0.2) is 61.8 Å². The Balaban J connectivity index is 1.62. The number of benzene rings is 1. The lowest BCUT2D eigenvalue weighted by Crippen LogP contribution is -2.51. The van der Waals surface area contributed by atoms with Gasteiger partial charge in [0.2, 0.25) is 15.9 Å². The first kappa shape index (κ1) is 19.3. The van der Waals surface area contributed by atoms with E-state index in [9.17, 15) is 13.2 Å². The number of hydrogen-bond donors (Lipinski definition) is 1. The Morgan fingerprint density at radius 2 is 1.81 bits per heavy atom. The largest absolute Gasteiger partial charge is 0.352 e. The van der Waals surface area contributed by atoms with Crippen LogP contribution in [0.15, 0.2) is 35.2 Å². The van der Waals surface area contributed by atoms with Gasteiger partial charge in [-0.3, -0.25) is 4.79 Å². The van der Waals surface area contributed by atoms with Crippen molar-refractivity contribution in [2.24, 2.45) is 0 Å². The van der Waals surface area contributed by atoms with Crippen molar-refractivity contribution in [2.75, 3.05) is 26.2 Å². The standard InChI is InChI=1S/C19H29N3O3S/c1-2-12-21-14-10-16(11-15-21)20-19(23)18-9-6-13-22(18)26(24,25)17-7-4-3-5-8-17/h3-5,7-8,16,18H,2,6,9-15H2,1H3,(H,20,23). The second kappa shape index (κ2) is 8.50. The topological polar surface area (TPSA) is 69.7 Å². The summed E-state index contributed by atoms with van der Waals surface area (Å²) in [5.41, 5.74) is 0. The molecule has 1 aromatic rings. The summed E-state index contributed by atoms with van der Waals surface area (Å²) in [4.78, 5) is 15.5. The van der Waals surface area contributed by atoms with Crippen LogP contribution in [0.4, 0.5) is 0 Å². The van der Waals surface area contributed by atoms with Gasteiger partial charge in [-0.2, -0.15) is 4.31 Å². The third-order valence-electron chi connectivity index (χ3n) is 5.33. The molecule has 2 saturated heterocycles. The number of piperidine rings is 1. The van der Waals surface area contributed by atoms with Gasteiger partial charge in [-0.15, -0.1) is 0 Å². The van der Waals surface area contributed by atoms with Crippen molar-refractivity contribution in [1.82, 2.24) is 14.5 Å². The maximum atomic E-state index is 12.9. The molecule has 7 heteroatoms. The predicted molar refractivity (Wildman–Crippen MR) is 101 cm³/mol. The molecule has 0 radical (unpaired) electrons. The van der Waals surface area contributed by atoms with Crippen molar-refractivity contribution in [2.45, 2.75) is 56.0 Å². The van der Waals surface area contributed by atoms with E-state index in [1.807, 2.05) is 0 Å². The van der Waals surface area contributed by atoms with Crippen molar-refractivity contribution < 1.29 is 13.2 Å². The van der Waals surface area contributed by atoms with Gasteiger partial charge in [-0.25, -0.2) is 8.42 Å². The van der Waals surface area contributed by atoms with Crippen molar-refractivity contribution >= 4 is 15.9 Å². The average Bonchev–Trinajstić information content (AvgIpc) is 3.15. The molecular formula is C19H29N3O3S. The second-order valence-corrected chi connectivity index (χ2v) is 9.10. The molecule has 6 nitrogen and oxygen atoms in total. The first-order chi connectivity index (χ1) is 12.5. The van der Waals surface area contributed by atoms with Crippen LogP contribution in [0.1, 0.15) is 39.0 Å². The number of sulfonamides is 1. The van der Waals surface area contributed by atoms with Crippen molar-refractivity contribution in [3.8, 4) is 0 Å². The quantitative estimate of drug-likeness (QED) is 0.819. The molecule has 26 heavy (non-hydrogen) atoms. The van der Waals surface area contributed by atoms with E-state index in [1.54, 1.807) is 30.3 Å². The average molecular weight is 380 g/mol. The molecule has 3 rings (SSSR count). The van der Waals surface area contributed by atoms with Gasteiger partial charge in [-0.05, 0) is 50.8 Å². The number of nitrogens with zero attached hydrogens (tertiary/aromatic N) is 2. The molecule has 0 spiro atoms. The van der Waals surface area contributed by atoms with Crippen LogP contribution in [-0.2, 0) is 14.8 Å². The Hall–Kier alpha value is -1.44. The van der Waals surface area contributed by atoms with Gasteiger partial charge >= 0.3 is 0 Å². The number of amides is 1. The SMILES string of the molecule is CCCN1CCC(NC(=O)C2CCCN2S(=O)(=O)c2ccccc2)CC1. The summed E-state index contributed by atoms with van der Waals surface area (Å²) in [5.74, 6) is -0.143. The van der Waals surface area contributed by atoms with E-state index in [1.165, 1.54) is 4.31 Å². The minimum atomic E-state index is -3.63. The van der Waals surface area contributed by atoms with Crippen LogP contribution in [0.25, 0.3) is 0 Å². The van der Waals surface area contributed by atoms with Gasteiger partial charge in [0.25, 0.3) is 0 Å². The lowest BCUT2D eigenvalue weighted by Gasteiger charge is -2.33. The molecule has 1 amide bonds. The van der Waals surface area contributed by atoms with Crippen molar-refractivity contribution in [3.05, 3.63) is 30.3 Å². The van der Waals surface area contributed by atoms with E-state index in [-0.39, 0.29) is 16.8 Å². The molecular weight excluding hydrogens is 350 g/mol. The summed E-state index contributed by atoms with van der Waals surface area (Å²) in [6, 6.07) is 7.95. The fourth-order valence-electron chi connectivity index (χ4n) is 3.93. The Kier molecular flexibility index (Phi) is 6.32. The van der Waals surface area contributed by atoms with Crippen LogP contribution in [0.5, 0.6) is 0 Å². The molecule has 1 aromatic carbocycles. The van der Waals surface area contributed by atoms with Gasteiger partial charge in [0, 0.05) is 25.7 Å². The van der Waals surface area contributed by atoms with Crippen LogP contribution in [0.3, 0.4) is 0 Å². The van der Waals surface area contributed by atoms with Crippen LogP contribution < -0.4 is 5.32 Å². The molecule has 144 valence electrons. The van der Waals surface area contributed by atoms with Gasteiger partial charge in [0.15, 0.2) is 0 Å². The molecule has 1 atom stereocenters. The summed E-state index contributed by atoms with van der Waals surface area (Å²) in [7, 11) is -3.63. The highest BCUT2D eigenvalue weighted by atomic mass is 32.2. The summed E-state index contributed by atoms with van der Waals surface area (Å²) in [6.07, 6.45) is 4.32. The van der Waals surface area contributed by atoms with E-state index in [0.717, 1.165) is 45.3 Å². The highest BCUT2D eigenvalue weighted by Gasteiger charge is 2.40. The number of rotatable bonds is 6. The van der Waals surface area contributed by atoms with Gasteiger partial charge in [0.1, 0.15) is 6.04 Å². The van der Waals surface area contributed by atoms with Crippen LogP contribution >= 0.6 is 0 Å². The molecule has 1 unspecified atom stereocenters. The number of likely N-dealkylation sites (tertiary alicyclic amines) is 1. The number of hydrogen-bond acceptors (Lipinski definition) is 4. The fraction of sp³-hybridized carbons (Fsp3) is 0.632. The summed E-state index contributed by atoms with van der Waals surface area (Å²) < 4.78 is 27.2. The summed E-state index contributed by atoms with van der Waals surface area (Å²) in [6.45, 7) is 5.68. The Morgan fingerprint density at radius 1 is 1.12 bits per heavy atom. The van der Waals surface area contributed by atoms with Gasteiger partial charge in [-0.1, -0.05) is 25.1 Å². The zero-order valence-electron chi connectivity index (χ0n) is 15.4. The molecule has 0 aliphatic carbocycles. The van der Waals surface area contributed by atoms with E-state index >= 15 is 0 Å². The highest BCUT2D eigenvalue weighted by molar-refractivity contribution is 7.89. The molecule has 2 aliphatic heterocycles. The second-order valence-electron chi connectivity index (χ2n) is 7.21. The third kappa shape index (κ3) is 4.27. The zero-order chi connectivity index (χ0) is 18.6. The molecule has 2 fully saturated rings. The molecule has 0 saturated carbocycles. The first-order valence-electron chi connectivity index (χ1n) is 9.62. The molecule has 0 bridgehead atoms. The van der Waals surface area contributed by atoms with Crippen molar-refractivity contribution in [3.63, 3.8) is 0 Å². The zero-order valence-corrected chi connectivity index (χ0v) is 16.2. The van der Waals surface area contributed by atoms with Crippen molar-refractivity contribution in [1.29, 1.82) is 0 Å².